The molecule has 1 aliphatic rings. The van der Waals surface area contributed by atoms with Gasteiger partial charge in [0.25, 0.3) is 0 Å². The van der Waals surface area contributed by atoms with Crippen molar-refractivity contribution in [2.24, 2.45) is 5.92 Å². The molecule has 0 bridgehead atoms. The molecule has 0 saturated heterocycles. The molecular weight excluding hydrogens is 228 g/mol. The highest BCUT2D eigenvalue weighted by Crippen LogP contribution is 2.25. The highest BCUT2D eigenvalue weighted by Gasteiger charge is 2.24. The topological polar surface area (TPSA) is 57.2 Å². The van der Waals surface area contributed by atoms with Crippen molar-refractivity contribution in [1.29, 1.82) is 0 Å². The number of carboxylic acid groups (broad SMARTS) is 1. The molecule has 1 aromatic rings. The number of hydrogen-bond acceptors (Lipinski definition) is 3. The van der Waals surface area contributed by atoms with Crippen LogP contribution in [0.15, 0.2) is 24.3 Å². The third-order valence-corrected chi connectivity index (χ3v) is 3.75. The van der Waals surface area contributed by atoms with Crippen molar-refractivity contribution in [3.05, 3.63) is 35.4 Å². The lowest BCUT2D eigenvalue weighted by molar-refractivity contribution is -0.307. The first-order chi connectivity index (χ1) is 8.58. The third kappa shape index (κ3) is 2.78. The second-order valence-electron chi connectivity index (χ2n) is 5.04. The van der Waals surface area contributed by atoms with Gasteiger partial charge < -0.3 is 9.90 Å². The van der Waals surface area contributed by atoms with E-state index in [1.54, 1.807) is 6.92 Å². The molecule has 2 rings (SSSR count). The van der Waals surface area contributed by atoms with Crippen LogP contribution in [0.1, 0.15) is 43.2 Å². The summed E-state index contributed by atoms with van der Waals surface area (Å²) in [6.45, 7) is 1.62. The lowest BCUT2D eigenvalue weighted by atomic mass is 9.94. The van der Waals surface area contributed by atoms with E-state index in [0.717, 1.165) is 30.4 Å². The van der Waals surface area contributed by atoms with Crippen LogP contribution in [-0.4, -0.2) is 11.8 Å². The number of rotatable bonds is 4. The number of Topliss-reactive ketones (excluding diaryl/α,β-unsaturated/α-hetero) is 1. The van der Waals surface area contributed by atoms with Gasteiger partial charge in [-0.1, -0.05) is 31.2 Å². The number of carbonyl (C=O) groups is 2. The van der Waals surface area contributed by atoms with Crippen molar-refractivity contribution in [1.82, 2.24) is 0 Å². The van der Waals surface area contributed by atoms with Crippen molar-refractivity contribution in [2.75, 3.05) is 0 Å². The van der Waals surface area contributed by atoms with Gasteiger partial charge in [-0.2, -0.15) is 0 Å². The Morgan fingerprint density at radius 3 is 2.56 bits per heavy atom. The maximum atomic E-state index is 11.6. The zero-order chi connectivity index (χ0) is 13.1. The number of carboxylic acids is 1. The molecule has 1 fully saturated rings. The van der Waals surface area contributed by atoms with E-state index in [1.807, 2.05) is 24.3 Å². The summed E-state index contributed by atoms with van der Waals surface area (Å²) in [7, 11) is 0. The molecule has 1 aliphatic carbocycles. The van der Waals surface area contributed by atoms with Gasteiger partial charge in [0.1, 0.15) is 5.78 Å². The number of hydrogen-bond donors (Lipinski definition) is 0. The van der Waals surface area contributed by atoms with Crippen molar-refractivity contribution >= 4 is 11.8 Å². The molecule has 0 radical (unpaired) electrons. The fraction of sp³-hybridized carbons (Fsp3) is 0.467. The largest absolute Gasteiger partial charge is 0.550 e. The second kappa shape index (κ2) is 5.34. The minimum atomic E-state index is -1.06. The summed E-state index contributed by atoms with van der Waals surface area (Å²) in [4.78, 5) is 22.3. The van der Waals surface area contributed by atoms with E-state index in [-0.39, 0.29) is 5.92 Å². The van der Waals surface area contributed by atoms with E-state index < -0.39 is 11.9 Å². The molecule has 2 atom stereocenters. The van der Waals surface area contributed by atoms with Crippen molar-refractivity contribution < 1.29 is 14.7 Å². The van der Waals surface area contributed by atoms with Crippen LogP contribution < -0.4 is 5.11 Å². The van der Waals surface area contributed by atoms with Gasteiger partial charge in [-0.15, -0.1) is 0 Å². The Morgan fingerprint density at radius 1 is 1.39 bits per heavy atom. The zero-order valence-electron chi connectivity index (χ0n) is 10.5. The Morgan fingerprint density at radius 2 is 2.06 bits per heavy atom. The molecule has 3 heteroatoms. The molecule has 0 spiro atoms. The summed E-state index contributed by atoms with van der Waals surface area (Å²) in [5.41, 5.74) is 1.85. The average molecular weight is 245 g/mol. The van der Waals surface area contributed by atoms with E-state index in [9.17, 15) is 14.7 Å². The maximum absolute atomic E-state index is 11.6. The molecule has 0 aromatic heterocycles. The molecule has 1 aromatic carbocycles. The monoisotopic (exact) mass is 245 g/mol. The molecule has 0 unspecified atom stereocenters. The van der Waals surface area contributed by atoms with Gasteiger partial charge >= 0.3 is 0 Å². The predicted molar refractivity (Wildman–Crippen MR) is 65.9 cm³/mol. The standard InChI is InChI=1S/C15H18O3/c1-10(15(17)18)12-7-5-11(6-8-12)9-13-3-2-4-14(13)16/h5-8,10,13H,2-4,9H2,1H3,(H,17,18)/p-1/t10-,13+/m1/s1. The molecular formula is C15H17O3-. The van der Waals surface area contributed by atoms with E-state index in [2.05, 4.69) is 0 Å². The first-order valence-electron chi connectivity index (χ1n) is 6.40. The van der Waals surface area contributed by atoms with Gasteiger partial charge in [0.15, 0.2) is 0 Å². The summed E-state index contributed by atoms with van der Waals surface area (Å²) in [6.07, 6.45) is 3.47. The number of benzene rings is 1. The third-order valence-electron chi connectivity index (χ3n) is 3.75. The highest BCUT2D eigenvalue weighted by atomic mass is 16.4. The average Bonchev–Trinajstić information content (AvgIpc) is 2.75. The van der Waals surface area contributed by atoms with Gasteiger partial charge in [0.05, 0.1) is 0 Å². The molecule has 18 heavy (non-hydrogen) atoms. The highest BCUT2D eigenvalue weighted by molar-refractivity contribution is 5.83. The van der Waals surface area contributed by atoms with Crippen LogP contribution in [0.5, 0.6) is 0 Å². The Hall–Kier alpha value is -1.64. The molecule has 0 amide bonds. The Labute approximate surface area is 107 Å². The molecule has 0 N–H and O–H groups in total. The molecule has 1 saturated carbocycles. The van der Waals surface area contributed by atoms with Crippen LogP contribution in [0.25, 0.3) is 0 Å². The Bertz CT molecular complexity index is 447. The summed E-state index contributed by atoms with van der Waals surface area (Å²) in [6, 6.07) is 7.46. The summed E-state index contributed by atoms with van der Waals surface area (Å²) < 4.78 is 0. The first-order valence-corrected chi connectivity index (χ1v) is 6.40. The van der Waals surface area contributed by atoms with E-state index in [1.165, 1.54) is 0 Å². The van der Waals surface area contributed by atoms with Gasteiger partial charge in [0, 0.05) is 24.2 Å². The van der Waals surface area contributed by atoms with Crippen LogP contribution in [0.2, 0.25) is 0 Å². The fourth-order valence-corrected chi connectivity index (χ4v) is 2.47. The van der Waals surface area contributed by atoms with Crippen LogP contribution in [0.4, 0.5) is 0 Å². The Kier molecular flexibility index (Phi) is 3.80. The van der Waals surface area contributed by atoms with Crippen molar-refractivity contribution in [2.45, 2.75) is 38.5 Å². The van der Waals surface area contributed by atoms with Crippen LogP contribution in [-0.2, 0) is 16.0 Å². The van der Waals surface area contributed by atoms with Gasteiger partial charge in [0.2, 0.25) is 0 Å². The molecule has 0 aliphatic heterocycles. The van der Waals surface area contributed by atoms with Crippen LogP contribution in [0.3, 0.4) is 0 Å². The van der Waals surface area contributed by atoms with Gasteiger partial charge in [-0.3, -0.25) is 4.79 Å². The second-order valence-corrected chi connectivity index (χ2v) is 5.04. The van der Waals surface area contributed by atoms with Crippen LogP contribution >= 0.6 is 0 Å². The quantitative estimate of drug-likeness (QED) is 0.806. The normalized spacial score (nSPS) is 20.9. The van der Waals surface area contributed by atoms with E-state index in [4.69, 9.17) is 0 Å². The fourth-order valence-electron chi connectivity index (χ4n) is 2.47. The molecule has 3 nitrogen and oxygen atoms in total. The molecule has 96 valence electrons. The van der Waals surface area contributed by atoms with Crippen molar-refractivity contribution in [3.8, 4) is 0 Å². The lowest BCUT2D eigenvalue weighted by Gasteiger charge is -2.14. The van der Waals surface area contributed by atoms with Crippen molar-refractivity contribution in [3.63, 3.8) is 0 Å². The number of carbonyl (C=O) groups excluding carboxylic acids is 2. The zero-order valence-corrected chi connectivity index (χ0v) is 10.5. The minimum absolute atomic E-state index is 0.161. The van der Waals surface area contributed by atoms with Crippen LogP contribution in [0, 0.1) is 5.92 Å². The first kappa shape index (κ1) is 12.8. The Balaban J connectivity index is 2.03. The summed E-state index contributed by atoms with van der Waals surface area (Å²) in [5, 5.41) is 10.8. The number of aliphatic carboxylic acids is 1. The van der Waals surface area contributed by atoms with Gasteiger partial charge in [-0.05, 0) is 30.4 Å². The maximum Gasteiger partial charge on any atom is 0.136 e. The summed E-state index contributed by atoms with van der Waals surface area (Å²) >= 11 is 0. The smallest absolute Gasteiger partial charge is 0.136 e. The predicted octanol–water partition coefficient (Wildman–Crippen LogP) is 1.45. The SMILES string of the molecule is C[C@@H](C(=O)[O-])c1ccc(C[C@@H]2CCCC2=O)cc1. The minimum Gasteiger partial charge on any atom is -0.550 e. The molecule has 0 heterocycles. The summed E-state index contributed by atoms with van der Waals surface area (Å²) in [5.74, 6) is -1.13. The van der Waals surface area contributed by atoms with E-state index >= 15 is 0 Å². The van der Waals surface area contributed by atoms with Gasteiger partial charge in [-0.25, -0.2) is 0 Å². The van der Waals surface area contributed by atoms with E-state index in [0.29, 0.717) is 12.2 Å². The number of ketones is 1. The lowest BCUT2D eigenvalue weighted by Crippen LogP contribution is -2.27.